The van der Waals surface area contributed by atoms with Crippen molar-refractivity contribution in [3.05, 3.63) is 83.9 Å². The average Bonchev–Trinajstić information content (AvgIpc) is 3.32. The molecule has 1 saturated heterocycles. The van der Waals surface area contributed by atoms with Gasteiger partial charge in [-0.15, -0.1) is 0 Å². The van der Waals surface area contributed by atoms with Gasteiger partial charge in [0.25, 0.3) is 0 Å². The van der Waals surface area contributed by atoms with E-state index in [1.807, 2.05) is 60.7 Å². The van der Waals surface area contributed by atoms with Crippen molar-refractivity contribution in [3.63, 3.8) is 0 Å². The van der Waals surface area contributed by atoms with Gasteiger partial charge in [-0.1, -0.05) is 79.2 Å². The zero-order valence-corrected chi connectivity index (χ0v) is 19.1. The molecule has 34 heavy (non-hydrogen) atoms. The second kappa shape index (κ2) is 8.42. The second-order valence-corrected chi connectivity index (χ2v) is 9.72. The van der Waals surface area contributed by atoms with Crippen molar-refractivity contribution in [2.24, 2.45) is 10.8 Å². The lowest BCUT2D eigenvalue weighted by Gasteiger charge is -2.51. The number of rotatable bonds is 6. The molecule has 5 rings (SSSR count). The van der Waals surface area contributed by atoms with Gasteiger partial charge >= 0.3 is 17.9 Å². The van der Waals surface area contributed by atoms with Gasteiger partial charge in [-0.25, -0.2) is 0 Å². The Hall–Kier alpha value is -3.41. The van der Waals surface area contributed by atoms with Gasteiger partial charge in [0, 0.05) is 6.42 Å². The molecule has 0 N–H and O–H groups in total. The molecule has 0 amide bonds. The molecule has 3 fully saturated rings. The fourth-order valence-electron chi connectivity index (χ4n) is 6.30. The molecule has 1 aliphatic heterocycles. The second-order valence-electron chi connectivity index (χ2n) is 9.72. The smallest absolute Gasteiger partial charge is 0.317 e. The van der Waals surface area contributed by atoms with E-state index in [0.717, 1.165) is 16.7 Å². The van der Waals surface area contributed by atoms with Crippen molar-refractivity contribution in [1.29, 1.82) is 0 Å². The van der Waals surface area contributed by atoms with E-state index < -0.39 is 34.3 Å². The molecular weight excluding hydrogens is 432 g/mol. The fraction of sp³-hybridized carbons (Fsp3) is 0.393. The SMILES string of the molecule is C=C1CC2(C(=O)OCc3ccccc3)CCCC3(C(=O)OCc4ccccc4)CC(=O)O[C@@]23C1. The molecule has 176 valence electrons. The third-order valence-electron chi connectivity index (χ3n) is 7.75. The Bertz CT molecular complexity index is 1030. The Kier molecular flexibility index (Phi) is 5.54. The summed E-state index contributed by atoms with van der Waals surface area (Å²) in [6.45, 7) is 4.35. The normalized spacial score (nSPS) is 29.6. The largest absolute Gasteiger partial charge is 0.460 e. The van der Waals surface area contributed by atoms with Crippen molar-refractivity contribution in [3.8, 4) is 0 Å². The lowest BCUT2D eigenvalue weighted by Crippen LogP contribution is -2.63. The van der Waals surface area contributed by atoms with Crippen LogP contribution in [0.3, 0.4) is 0 Å². The van der Waals surface area contributed by atoms with E-state index >= 15 is 0 Å². The fourth-order valence-corrected chi connectivity index (χ4v) is 6.30. The third-order valence-corrected chi connectivity index (χ3v) is 7.75. The van der Waals surface area contributed by atoms with Crippen LogP contribution in [-0.4, -0.2) is 23.5 Å². The molecule has 6 heteroatoms. The van der Waals surface area contributed by atoms with Crippen LogP contribution >= 0.6 is 0 Å². The molecule has 6 nitrogen and oxygen atoms in total. The minimum Gasteiger partial charge on any atom is -0.460 e. The Morgan fingerprint density at radius 1 is 0.794 bits per heavy atom. The van der Waals surface area contributed by atoms with Crippen LogP contribution < -0.4 is 0 Å². The third kappa shape index (κ3) is 3.35. The first-order valence-corrected chi connectivity index (χ1v) is 11.7. The Labute approximate surface area is 198 Å². The van der Waals surface area contributed by atoms with E-state index in [-0.39, 0.29) is 26.1 Å². The molecule has 2 aromatic carbocycles. The highest BCUT2D eigenvalue weighted by Crippen LogP contribution is 2.69. The van der Waals surface area contributed by atoms with Gasteiger partial charge in [-0.3, -0.25) is 14.4 Å². The molecule has 0 radical (unpaired) electrons. The van der Waals surface area contributed by atoms with Gasteiger partial charge in [0.2, 0.25) is 0 Å². The molecule has 0 bridgehead atoms. The number of carbonyl (C=O) groups excluding carboxylic acids is 3. The van der Waals surface area contributed by atoms with Crippen molar-refractivity contribution in [2.75, 3.05) is 0 Å². The van der Waals surface area contributed by atoms with Crippen LogP contribution in [0, 0.1) is 10.8 Å². The lowest BCUT2D eigenvalue weighted by molar-refractivity contribution is -0.211. The molecule has 2 saturated carbocycles. The van der Waals surface area contributed by atoms with E-state index in [1.54, 1.807) is 0 Å². The maximum atomic E-state index is 13.7. The highest BCUT2D eigenvalue weighted by atomic mass is 16.6. The van der Waals surface area contributed by atoms with E-state index in [1.165, 1.54) is 0 Å². The number of carbonyl (C=O) groups is 3. The highest BCUT2D eigenvalue weighted by molar-refractivity contribution is 5.93. The van der Waals surface area contributed by atoms with Crippen LogP contribution in [0.25, 0.3) is 0 Å². The van der Waals surface area contributed by atoms with Crippen LogP contribution in [0.5, 0.6) is 0 Å². The van der Waals surface area contributed by atoms with Crippen molar-refractivity contribution in [1.82, 2.24) is 0 Å². The maximum Gasteiger partial charge on any atom is 0.317 e. The molecule has 0 aromatic heterocycles. The molecule has 1 spiro atoms. The number of benzene rings is 2. The summed E-state index contributed by atoms with van der Waals surface area (Å²) < 4.78 is 17.5. The summed E-state index contributed by atoms with van der Waals surface area (Å²) in [5.41, 5.74) is -1.20. The topological polar surface area (TPSA) is 78.9 Å². The zero-order valence-electron chi connectivity index (χ0n) is 19.1. The van der Waals surface area contributed by atoms with Gasteiger partial charge in [0.05, 0.1) is 6.42 Å². The zero-order chi connectivity index (χ0) is 23.8. The first-order chi connectivity index (χ1) is 16.4. The van der Waals surface area contributed by atoms with Gasteiger partial charge in [0.15, 0.2) is 0 Å². The van der Waals surface area contributed by atoms with Gasteiger partial charge in [0.1, 0.15) is 29.6 Å². The van der Waals surface area contributed by atoms with Crippen molar-refractivity contribution >= 4 is 17.9 Å². The van der Waals surface area contributed by atoms with Crippen LogP contribution in [0.15, 0.2) is 72.8 Å². The van der Waals surface area contributed by atoms with Gasteiger partial charge in [-0.05, 0) is 30.4 Å². The monoisotopic (exact) mass is 460 g/mol. The first-order valence-electron chi connectivity index (χ1n) is 11.7. The molecule has 3 aliphatic rings. The Morgan fingerprint density at radius 2 is 1.29 bits per heavy atom. The molecule has 2 aliphatic carbocycles. The number of hydrogen-bond acceptors (Lipinski definition) is 6. The average molecular weight is 461 g/mol. The van der Waals surface area contributed by atoms with Crippen LogP contribution in [0.1, 0.15) is 49.7 Å². The minimum atomic E-state index is -1.33. The predicted molar refractivity (Wildman–Crippen MR) is 123 cm³/mol. The van der Waals surface area contributed by atoms with E-state index in [9.17, 15) is 14.4 Å². The summed E-state index contributed by atoms with van der Waals surface area (Å²) in [5, 5.41) is 0. The predicted octanol–water partition coefficient (Wildman–Crippen LogP) is 4.67. The molecular formula is C28H28O6. The standard InChI is InChI=1S/C28H28O6/c1-20-15-26(24(30)32-18-21-9-4-2-5-10-21)13-8-14-27(17-23(29)34-28(26,27)16-20)25(31)33-19-22-11-6-3-7-12-22/h2-7,9-12H,1,8,13-19H2/t26?,27?,28-/m0/s1. The Morgan fingerprint density at radius 3 is 1.82 bits per heavy atom. The summed E-state index contributed by atoms with van der Waals surface area (Å²) in [7, 11) is 0. The molecule has 2 aromatic rings. The van der Waals surface area contributed by atoms with Crippen LogP contribution in [-0.2, 0) is 41.8 Å². The quantitative estimate of drug-likeness (QED) is 0.354. The molecule has 1 heterocycles. The summed E-state index contributed by atoms with van der Waals surface area (Å²) in [6, 6.07) is 18.8. The van der Waals surface area contributed by atoms with E-state index in [4.69, 9.17) is 14.2 Å². The van der Waals surface area contributed by atoms with Crippen LogP contribution in [0.4, 0.5) is 0 Å². The van der Waals surface area contributed by atoms with Gasteiger partial charge < -0.3 is 14.2 Å². The lowest BCUT2D eigenvalue weighted by atomic mass is 9.52. The summed E-state index contributed by atoms with van der Waals surface area (Å²) in [5.74, 6) is -1.41. The summed E-state index contributed by atoms with van der Waals surface area (Å²) in [6.07, 6.45) is 1.99. The first kappa shape index (κ1) is 22.4. The van der Waals surface area contributed by atoms with Crippen LogP contribution in [0.2, 0.25) is 0 Å². The van der Waals surface area contributed by atoms with E-state index in [2.05, 4.69) is 6.58 Å². The Balaban J connectivity index is 1.47. The number of ether oxygens (including phenoxy) is 3. The van der Waals surface area contributed by atoms with E-state index in [0.29, 0.717) is 25.7 Å². The summed E-state index contributed by atoms with van der Waals surface area (Å²) >= 11 is 0. The minimum absolute atomic E-state index is 0.0953. The molecule has 3 atom stereocenters. The van der Waals surface area contributed by atoms with Gasteiger partial charge in [-0.2, -0.15) is 0 Å². The highest BCUT2D eigenvalue weighted by Gasteiger charge is 2.79. The van der Waals surface area contributed by atoms with Crippen molar-refractivity contribution in [2.45, 2.75) is 57.3 Å². The number of hydrogen-bond donors (Lipinski definition) is 0. The summed E-state index contributed by atoms with van der Waals surface area (Å²) in [4.78, 5) is 40.1. The maximum absolute atomic E-state index is 13.7. The molecule has 2 unspecified atom stereocenters. The van der Waals surface area contributed by atoms with Crippen molar-refractivity contribution < 1.29 is 28.6 Å². The number of esters is 3.